The molecule has 2 N–H and O–H groups in total. The van der Waals surface area contributed by atoms with Gasteiger partial charge in [-0.05, 0) is 28.5 Å². The van der Waals surface area contributed by atoms with E-state index in [0.717, 1.165) is 5.56 Å². The number of nitrogens with one attached hydrogen (secondary N) is 1. The maximum Gasteiger partial charge on any atom is 0.327 e. The second-order valence-corrected chi connectivity index (χ2v) is 7.28. The lowest BCUT2D eigenvalue weighted by atomic mass is 9.98. The Morgan fingerprint density at radius 1 is 1.21 bits per heavy atom. The molecule has 0 radical (unpaired) electrons. The largest absolute Gasteiger partial charge is 0.481 e. The lowest BCUT2D eigenvalue weighted by Gasteiger charge is -2.25. The number of nitro benzene ring substituents is 1. The predicted molar refractivity (Wildman–Crippen MR) is 114 cm³/mol. The highest BCUT2D eigenvalue weighted by Crippen LogP contribution is 2.29. The van der Waals surface area contributed by atoms with E-state index in [1.165, 1.54) is 30.0 Å². The highest BCUT2D eigenvalue weighted by Gasteiger charge is 2.28. The van der Waals surface area contributed by atoms with Crippen LogP contribution in [0.2, 0.25) is 0 Å². The number of non-ortho nitro benzene ring substituents is 1. The van der Waals surface area contributed by atoms with Gasteiger partial charge >= 0.3 is 11.9 Å². The third-order valence-corrected chi connectivity index (χ3v) is 4.97. The van der Waals surface area contributed by atoms with Gasteiger partial charge in [0.1, 0.15) is 6.54 Å². The highest BCUT2D eigenvalue weighted by atomic mass is 16.6. The minimum Gasteiger partial charge on any atom is -0.481 e. The number of aliphatic carboxylic acids is 1. The molecule has 3 aromatic rings. The van der Waals surface area contributed by atoms with Gasteiger partial charge < -0.3 is 9.84 Å². The maximum atomic E-state index is 11.8. The number of hydrogen-bond acceptors (Lipinski definition) is 9. The molecule has 1 aromatic heterocycles. The minimum absolute atomic E-state index is 0.156. The first kappa shape index (κ1) is 23.5. The van der Waals surface area contributed by atoms with Crippen molar-refractivity contribution in [2.75, 3.05) is 7.11 Å². The zero-order valence-electron chi connectivity index (χ0n) is 17.9. The summed E-state index contributed by atoms with van der Waals surface area (Å²) < 4.78 is 5.89. The smallest absolute Gasteiger partial charge is 0.327 e. The molecule has 0 bridgehead atoms. The van der Waals surface area contributed by atoms with E-state index >= 15 is 0 Å². The molecule has 0 saturated heterocycles. The Morgan fingerprint density at radius 3 is 2.58 bits per heavy atom. The number of aryl methyl sites for hydroxylation is 1. The number of carboxylic acids is 1. The van der Waals surface area contributed by atoms with Crippen LogP contribution in [0.25, 0.3) is 0 Å². The Balaban J connectivity index is 2.08. The van der Waals surface area contributed by atoms with Crippen LogP contribution >= 0.6 is 0 Å². The number of benzene rings is 2. The summed E-state index contributed by atoms with van der Waals surface area (Å²) in [4.78, 5) is 34.2. The molecule has 12 nitrogen and oxygen atoms in total. The summed E-state index contributed by atoms with van der Waals surface area (Å²) in [5.41, 5.74) is 1.97. The summed E-state index contributed by atoms with van der Waals surface area (Å²) in [6.07, 6.45) is -0.271. The number of ether oxygens (including phenoxy) is 1. The van der Waals surface area contributed by atoms with Gasteiger partial charge in [0.15, 0.2) is 5.82 Å². The number of tetrazole rings is 1. The molecule has 0 spiro atoms. The number of nitrogens with zero attached hydrogens (tertiary/aromatic N) is 5. The molecule has 172 valence electrons. The number of methoxy groups -OCH3 is 1. The third-order valence-electron chi connectivity index (χ3n) is 4.97. The quantitative estimate of drug-likeness (QED) is 0.263. The van der Waals surface area contributed by atoms with Crippen molar-refractivity contribution in [3.63, 3.8) is 0 Å². The van der Waals surface area contributed by atoms with Crippen molar-refractivity contribution >= 4 is 17.6 Å². The van der Waals surface area contributed by atoms with Crippen LogP contribution in [0.4, 0.5) is 5.69 Å². The molecule has 2 atom stereocenters. The van der Waals surface area contributed by atoms with E-state index in [0.29, 0.717) is 11.1 Å². The fourth-order valence-corrected chi connectivity index (χ4v) is 3.30. The van der Waals surface area contributed by atoms with Crippen molar-refractivity contribution in [3.8, 4) is 0 Å². The van der Waals surface area contributed by atoms with Gasteiger partial charge in [-0.1, -0.05) is 42.0 Å². The fraction of sp³-hybridized carbons (Fsp3) is 0.286. The normalized spacial score (nSPS) is 12.7. The fourth-order valence-electron chi connectivity index (χ4n) is 3.30. The zero-order valence-corrected chi connectivity index (χ0v) is 17.9. The first-order chi connectivity index (χ1) is 15.8. The van der Waals surface area contributed by atoms with Crippen molar-refractivity contribution < 1.29 is 24.4 Å². The van der Waals surface area contributed by atoms with Gasteiger partial charge in [0.25, 0.3) is 5.69 Å². The average molecular weight is 454 g/mol. The molecule has 2 unspecified atom stereocenters. The van der Waals surface area contributed by atoms with Gasteiger partial charge in [-0.3, -0.25) is 25.0 Å². The first-order valence-electron chi connectivity index (χ1n) is 9.90. The van der Waals surface area contributed by atoms with Crippen LogP contribution in [0.5, 0.6) is 0 Å². The van der Waals surface area contributed by atoms with Crippen molar-refractivity contribution in [2.24, 2.45) is 0 Å². The standard InChI is InChI=1S/C21H22N6O6/c1-13-6-8-14(9-7-13)17(11-18(28)29)22-20(15-4-3-5-16(10-15)27(31)32)21-23-24-25-26(21)12-19(30)33-2/h3-10,17,20,22H,11-12H2,1-2H3,(H,28,29). The molecular formula is C21H22N6O6. The van der Waals surface area contributed by atoms with Crippen molar-refractivity contribution in [1.29, 1.82) is 0 Å². The Kier molecular flexibility index (Phi) is 7.41. The Morgan fingerprint density at radius 2 is 1.94 bits per heavy atom. The molecule has 33 heavy (non-hydrogen) atoms. The van der Waals surface area contributed by atoms with Crippen LogP contribution < -0.4 is 5.32 Å². The van der Waals surface area contributed by atoms with Crippen LogP contribution in [0.3, 0.4) is 0 Å². The van der Waals surface area contributed by atoms with E-state index in [2.05, 4.69) is 25.6 Å². The second-order valence-electron chi connectivity index (χ2n) is 7.28. The van der Waals surface area contributed by atoms with Crippen molar-refractivity contribution in [3.05, 3.63) is 81.2 Å². The van der Waals surface area contributed by atoms with Gasteiger partial charge in [-0.2, -0.15) is 0 Å². The summed E-state index contributed by atoms with van der Waals surface area (Å²) in [6.45, 7) is 1.62. The number of nitro groups is 1. The Bertz CT molecular complexity index is 1150. The van der Waals surface area contributed by atoms with Gasteiger partial charge in [-0.25, -0.2) is 4.68 Å². The molecule has 3 rings (SSSR count). The van der Waals surface area contributed by atoms with Gasteiger partial charge in [0.2, 0.25) is 0 Å². The summed E-state index contributed by atoms with van der Waals surface area (Å²) in [5, 5.41) is 35.5. The minimum atomic E-state index is -1.04. The monoisotopic (exact) mass is 454 g/mol. The highest BCUT2D eigenvalue weighted by molar-refractivity contribution is 5.69. The van der Waals surface area contributed by atoms with Gasteiger partial charge in [0, 0.05) is 18.2 Å². The molecule has 1 heterocycles. The summed E-state index contributed by atoms with van der Waals surface area (Å²) in [6, 6.07) is 11.6. The average Bonchev–Trinajstić information content (AvgIpc) is 3.24. The third kappa shape index (κ3) is 5.95. The topological polar surface area (TPSA) is 162 Å². The van der Waals surface area contributed by atoms with Crippen LogP contribution in [-0.4, -0.2) is 49.3 Å². The molecule has 0 amide bonds. The summed E-state index contributed by atoms with van der Waals surface area (Å²) >= 11 is 0. The Labute approximate surface area is 188 Å². The van der Waals surface area contributed by atoms with Crippen LogP contribution in [0.1, 0.15) is 41.0 Å². The summed E-state index contributed by atoms with van der Waals surface area (Å²) in [7, 11) is 1.23. The number of rotatable bonds is 10. The van der Waals surface area contributed by atoms with Crippen molar-refractivity contribution in [2.45, 2.75) is 32.0 Å². The first-order valence-corrected chi connectivity index (χ1v) is 9.90. The Hall–Kier alpha value is -4.19. The van der Waals surface area contributed by atoms with Crippen LogP contribution in [0, 0.1) is 17.0 Å². The lowest BCUT2D eigenvalue weighted by molar-refractivity contribution is -0.384. The van der Waals surface area contributed by atoms with Crippen molar-refractivity contribution in [1.82, 2.24) is 25.5 Å². The molecule has 12 heteroatoms. The number of carbonyl (C=O) groups excluding carboxylic acids is 1. The molecule has 0 aliphatic heterocycles. The number of carbonyl (C=O) groups is 2. The maximum absolute atomic E-state index is 11.8. The van der Waals surface area contributed by atoms with Crippen LogP contribution in [-0.2, 0) is 20.9 Å². The molecule has 0 fully saturated rings. The van der Waals surface area contributed by atoms with E-state index in [4.69, 9.17) is 0 Å². The number of esters is 1. The molecule has 2 aromatic carbocycles. The van der Waals surface area contributed by atoms with E-state index in [1.54, 1.807) is 18.2 Å². The van der Waals surface area contributed by atoms with Gasteiger partial charge in [0.05, 0.1) is 24.5 Å². The zero-order chi connectivity index (χ0) is 24.0. The predicted octanol–water partition coefficient (Wildman–Crippen LogP) is 1.96. The SMILES string of the molecule is COC(=O)Cn1nnnc1C(NC(CC(=O)O)c1ccc(C)cc1)c1cccc([N+](=O)[O-])c1. The molecule has 0 aliphatic rings. The molecule has 0 saturated carbocycles. The second kappa shape index (κ2) is 10.4. The summed E-state index contributed by atoms with van der Waals surface area (Å²) in [5.74, 6) is -1.47. The number of aromatic nitrogens is 4. The lowest BCUT2D eigenvalue weighted by Crippen LogP contribution is -2.32. The molecule has 0 aliphatic carbocycles. The number of carboxylic acid groups (broad SMARTS) is 1. The van der Waals surface area contributed by atoms with Gasteiger partial charge in [-0.15, -0.1) is 5.10 Å². The number of hydrogen-bond donors (Lipinski definition) is 2. The van der Waals surface area contributed by atoms with E-state index in [1.807, 2.05) is 19.1 Å². The van der Waals surface area contributed by atoms with E-state index in [-0.39, 0.29) is 24.5 Å². The van der Waals surface area contributed by atoms with E-state index < -0.39 is 28.9 Å². The van der Waals surface area contributed by atoms with E-state index in [9.17, 15) is 24.8 Å². The van der Waals surface area contributed by atoms with Crippen LogP contribution in [0.15, 0.2) is 48.5 Å². The molecular weight excluding hydrogens is 432 g/mol.